The Morgan fingerprint density at radius 2 is 2.20 bits per heavy atom. The summed E-state index contributed by atoms with van der Waals surface area (Å²) in [5.74, 6) is 0.294. The van der Waals surface area contributed by atoms with Crippen LogP contribution in [-0.2, 0) is 4.79 Å². The molecule has 0 fully saturated rings. The lowest BCUT2D eigenvalue weighted by atomic mass is 10.1. The molecule has 0 heterocycles. The average molecular weight is 227 g/mol. The molecule has 1 rings (SSSR count). The maximum atomic E-state index is 11.5. The van der Waals surface area contributed by atoms with Crippen LogP contribution >= 0.6 is 11.6 Å². The van der Waals surface area contributed by atoms with E-state index in [1.165, 1.54) is 0 Å². The molecule has 15 heavy (non-hydrogen) atoms. The van der Waals surface area contributed by atoms with Crippen LogP contribution in [0, 0.1) is 12.8 Å². The fourth-order valence-corrected chi connectivity index (χ4v) is 1.18. The van der Waals surface area contributed by atoms with Crippen LogP contribution in [0.25, 0.3) is 0 Å². The van der Waals surface area contributed by atoms with Crippen LogP contribution < -0.4 is 4.74 Å². The second-order valence-electron chi connectivity index (χ2n) is 3.64. The number of esters is 1. The molecule has 0 N–H and O–H groups in total. The summed E-state index contributed by atoms with van der Waals surface area (Å²) in [5.41, 5.74) is 0.908. The van der Waals surface area contributed by atoms with E-state index in [9.17, 15) is 4.79 Å². The van der Waals surface area contributed by atoms with Crippen molar-refractivity contribution in [2.45, 2.75) is 27.2 Å². The number of hydrogen-bond donors (Lipinski definition) is 0. The molecule has 1 atom stereocenters. The van der Waals surface area contributed by atoms with E-state index in [0.29, 0.717) is 10.8 Å². The summed E-state index contributed by atoms with van der Waals surface area (Å²) in [6.45, 7) is 5.69. The van der Waals surface area contributed by atoms with Crippen LogP contribution in [0.1, 0.15) is 25.8 Å². The lowest BCUT2D eigenvalue weighted by Crippen LogP contribution is -2.16. The first-order valence-corrected chi connectivity index (χ1v) is 5.40. The number of carbonyl (C=O) groups excluding carboxylic acids is 1. The topological polar surface area (TPSA) is 26.3 Å². The minimum atomic E-state index is -0.195. The Morgan fingerprint density at radius 1 is 1.53 bits per heavy atom. The van der Waals surface area contributed by atoms with E-state index in [1.807, 2.05) is 20.8 Å². The van der Waals surface area contributed by atoms with Gasteiger partial charge in [0.15, 0.2) is 0 Å². The van der Waals surface area contributed by atoms with Gasteiger partial charge in [0.1, 0.15) is 5.75 Å². The molecule has 0 aliphatic rings. The third-order valence-electron chi connectivity index (χ3n) is 2.36. The predicted molar refractivity (Wildman–Crippen MR) is 61.3 cm³/mol. The average Bonchev–Trinajstić information content (AvgIpc) is 2.22. The maximum Gasteiger partial charge on any atom is 0.314 e. The fraction of sp³-hybridized carbons (Fsp3) is 0.417. The number of hydrogen-bond acceptors (Lipinski definition) is 2. The predicted octanol–water partition coefficient (Wildman–Crippen LogP) is 3.60. The SMILES string of the molecule is CCC(C)C(=O)Oc1ccc(Cl)c(C)c1. The summed E-state index contributed by atoms with van der Waals surface area (Å²) in [5, 5.41) is 0.679. The van der Waals surface area contributed by atoms with Gasteiger partial charge in [0, 0.05) is 5.02 Å². The third-order valence-corrected chi connectivity index (χ3v) is 2.79. The smallest absolute Gasteiger partial charge is 0.314 e. The summed E-state index contributed by atoms with van der Waals surface area (Å²) < 4.78 is 5.21. The van der Waals surface area contributed by atoms with E-state index in [2.05, 4.69) is 0 Å². The van der Waals surface area contributed by atoms with Gasteiger partial charge in [-0.3, -0.25) is 4.79 Å². The second-order valence-corrected chi connectivity index (χ2v) is 4.05. The molecule has 2 nitrogen and oxygen atoms in total. The van der Waals surface area contributed by atoms with Crippen LogP contribution in [0.2, 0.25) is 5.02 Å². The molecule has 0 aliphatic heterocycles. The van der Waals surface area contributed by atoms with E-state index in [4.69, 9.17) is 16.3 Å². The first-order valence-electron chi connectivity index (χ1n) is 5.02. The standard InChI is InChI=1S/C12H15ClO2/c1-4-8(2)12(14)15-10-5-6-11(13)9(3)7-10/h5-8H,4H2,1-3H3. The van der Waals surface area contributed by atoms with Crippen molar-refractivity contribution in [3.8, 4) is 5.75 Å². The van der Waals surface area contributed by atoms with Crippen molar-refractivity contribution in [1.82, 2.24) is 0 Å². The first-order chi connectivity index (χ1) is 7.04. The van der Waals surface area contributed by atoms with Gasteiger partial charge in [-0.2, -0.15) is 0 Å². The van der Waals surface area contributed by atoms with Crippen LogP contribution in [0.3, 0.4) is 0 Å². The highest BCUT2D eigenvalue weighted by atomic mass is 35.5. The van der Waals surface area contributed by atoms with Crippen molar-refractivity contribution in [3.05, 3.63) is 28.8 Å². The number of ether oxygens (including phenoxy) is 1. The van der Waals surface area contributed by atoms with Gasteiger partial charge in [-0.15, -0.1) is 0 Å². The molecule has 1 aromatic carbocycles. The zero-order chi connectivity index (χ0) is 11.4. The highest BCUT2D eigenvalue weighted by molar-refractivity contribution is 6.31. The Hall–Kier alpha value is -1.02. The highest BCUT2D eigenvalue weighted by Gasteiger charge is 2.13. The van der Waals surface area contributed by atoms with Gasteiger partial charge in [-0.1, -0.05) is 25.4 Å². The number of halogens is 1. The van der Waals surface area contributed by atoms with Crippen molar-refractivity contribution >= 4 is 17.6 Å². The van der Waals surface area contributed by atoms with Gasteiger partial charge in [0.25, 0.3) is 0 Å². The summed E-state index contributed by atoms with van der Waals surface area (Å²) >= 11 is 5.87. The molecular weight excluding hydrogens is 212 g/mol. The van der Waals surface area contributed by atoms with Crippen molar-refractivity contribution in [3.63, 3.8) is 0 Å². The second kappa shape index (κ2) is 5.17. The van der Waals surface area contributed by atoms with E-state index in [0.717, 1.165) is 12.0 Å². The molecule has 0 saturated heterocycles. The molecule has 0 spiro atoms. The van der Waals surface area contributed by atoms with Crippen molar-refractivity contribution in [2.75, 3.05) is 0 Å². The molecule has 3 heteroatoms. The molecule has 0 aromatic heterocycles. The molecule has 0 aliphatic carbocycles. The Kier molecular flexibility index (Phi) is 4.15. The first kappa shape index (κ1) is 12.1. The van der Waals surface area contributed by atoms with E-state index in [1.54, 1.807) is 18.2 Å². The fourth-order valence-electron chi connectivity index (χ4n) is 1.06. The molecule has 0 radical (unpaired) electrons. The lowest BCUT2D eigenvalue weighted by molar-refractivity contribution is -0.138. The van der Waals surface area contributed by atoms with Crippen LogP contribution in [0.15, 0.2) is 18.2 Å². The molecule has 0 amide bonds. The minimum Gasteiger partial charge on any atom is -0.426 e. The Morgan fingerprint density at radius 3 is 2.73 bits per heavy atom. The van der Waals surface area contributed by atoms with Crippen molar-refractivity contribution < 1.29 is 9.53 Å². The largest absolute Gasteiger partial charge is 0.426 e. The van der Waals surface area contributed by atoms with Crippen LogP contribution in [0.4, 0.5) is 0 Å². The van der Waals surface area contributed by atoms with Gasteiger partial charge < -0.3 is 4.74 Å². The van der Waals surface area contributed by atoms with Crippen molar-refractivity contribution in [1.29, 1.82) is 0 Å². The lowest BCUT2D eigenvalue weighted by Gasteiger charge is -2.09. The maximum absolute atomic E-state index is 11.5. The van der Waals surface area contributed by atoms with Gasteiger partial charge in [-0.05, 0) is 37.1 Å². The molecular formula is C12H15ClO2. The Labute approximate surface area is 95.2 Å². The molecule has 1 aromatic rings. The zero-order valence-electron chi connectivity index (χ0n) is 9.21. The molecule has 0 saturated carbocycles. The van der Waals surface area contributed by atoms with Gasteiger partial charge >= 0.3 is 5.97 Å². The summed E-state index contributed by atoms with van der Waals surface area (Å²) in [6, 6.07) is 5.20. The number of carbonyl (C=O) groups is 1. The molecule has 1 unspecified atom stereocenters. The zero-order valence-corrected chi connectivity index (χ0v) is 9.97. The van der Waals surface area contributed by atoms with E-state index < -0.39 is 0 Å². The molecule has 0 bridgehead atoms. The van der Waals surface area contributed by atoms with Crippen LogP contribution in [-0.4, -0.2) is 5.97 Å². The number of benzene rings is 1. The number of aryl methyl sites for hydroxylation is 1. The van der Waals surface area contributed by atoms with Gasteiger partial charge in [-0.25, -0.2) is 0 Å². The summed E-state index contributed by atoms with van der Waals surface area (Å²) in [4.78, 5) is 11.5. The summed E-state index contributed by atoms with van der Waals surface area (Å²) in [6.07, 6.45) is 0.783. The van der Waals surface area contributed by atoms with E-state index in [-0.39, 0.29) is 11.9 Å². The number of rotatable bonds is 3. The summed E-state index contributed by atoms with van der Waals surface area (Å²) in [7, 11) is 0. The van der Waals surface area contributed by atoms with Gasteiger partial charge in [0.05, 0.1) is 5.92 Å². The monoisotopic (exact) mass is 226 g/mol. The highest BCUT2D eigenvalue weighted by Crippen LogP contribution is 2.21. The minimum absolute atomic E-state index is 0.0685. The molecule has 82 valence electrons. The normalized spacial score (nSPS) is 12.3. The van der Waals surface area contributed by atoms with E-state index >= 15 is 0 Å². The Bertz CT molecular complexity index is 361. The quantitative estimate of drug-likeness (QED) is 0.582. The van der Waals surface area contributed by atoms with Gasteiger partial charge in [0.2, 0.25) is 0 Å². The van der Waals surface area contributed by atoms with Crippen LogP contribution in [0.5, 0.6) is 5.75 Å². The van der Waals surface area contributed by atoms with Crippen molar-refractivity contribution in [2.24, 2.45) is 5.92 Å². The Balaban J connectivity index is 2.73. The third kappa shape index (κ3) is 3.24.